The molecule has 0 fully saturated rings. The summed E-state index contributed by atoms with van der Waals surface area (Å²) in [6.45, 7) is 7.85. The Balaban J connectivity index is 2.62. The van der Waals surface area contributed by atoms with Crippen molar-refractivity contribution in [3.8, 4) is 0 Å². The molecular formula is C20H27FN4O3. The second-order valence-corrected chi connectivity index (χ2v) is 7.27. The van der Waals surface area contributed by atoms with E-state index in [1.54, 1.807) is 6.92 Å². The predicted molar refractivity (Wildman–Crippen MR) is 108 cm³/mol. The second kappa shape index (κ2) is 8.86. The highest BCUT2D eigenvalue weighted by atomic mass is 19.1. The summed E-state index contributed by atoms with van der Waals surface area (Å²) in [6.07, 6.45) is 1.52. The Morgan fingerprint density at radius 1 is 1.32 bits per heavy atom. The van der Waals surface area contributed by atoms with Crippen LogP contribution in [0.15, 0.2) is 27.8 Å². The number of benzene rings is 1. The van der Waals surface area contributed by atoms with Gasteiger partial charge in [0.2, 0.25) is 0 Å². The van der Waals surface area contributed by atoms with Crippen LogP contribution in [-0.4, -0.2) is 22.0 Å². The minimum atomic E-state index is -0.739. The van der Waals surface area contributed by atoms with Gasteiger partial charge in [0.1, 0.15) is 11.6 Å². The van der Waals surface area contributed by atoms with E-state index in [1.165, 1.54) is 21.6 Å². The molecule has 1 aromatic heterocycles. The van der Waals surface area contributed by atoms with E-state index >= 15 is 0 Å². The minimum Gasteiger partial charge on any atom is -0.383 e. The maximum absolute atomic E-state index is 14.0. The fraction of sp³-hybridized carbons (Fsp3) is 0.450. The van der Waals surface area contributed by atoms with Gasteiger partial charge in [-0.3, -0.25) is 19.1 Å². The van der Waals surface area contributed by atoms with Crippen molar-refractivity contribution in [1.82, 2.24) is 9.55 Å². The molecule has 0 atom stereocenters. The molecule has 0 saturated carbocycles. The molecule has 7 nitrogen and oxygen atoms in total. The fourth-order valence-corrected chi connectivity index (χ4v) is 2.90. The second-order valence-electron chi connectivity index (χ2n) is 7.27. The number of aromatic amines is 1. The topological polar surface area (TPSA) is 101 Å². The molecule has 28 heavy (non-hydrogen) atoms. The van der Waals surface area contributed by atoms with Crippen LogP contribution in [0.25, 0.3) is 0 Å². The number of carbonyl (C=O) groups is 1. The molecule has 0 radical (unpaired) electrons. The number of nitrogens with one attached hydrogen (secondary N) is 1. The van der Waals surface area contributed by atoms with Crippen LogP contribution in [0.1, 0.15) is 49.5 Å². The van der Waals surface area contributed by atoms with Crippen LogP contribution in [0.2, 0.25) is 0 Å². The minimum absolute atomic E-state index is 0.00839. The summed E-state index contributed by atoms with van der Waals surface area (Å²) in [6, 6.07) is 4.15. The van der Waals surface area contributed by atoms with Crippen LogP contribution in [-0.2, 0) is 6.54 Å². The molecule has 2 aromatic rings. The van der Waals surface area contributed by atoms with Gasteiger partial charge >= 0.3 is 5.69 Å². The summed E-state index contributed by atoms with van der Waals surface area (Å²) in [5.41, 5.74) is 5.23. The first kappa shape index (κ1) is 21.4. The van der Waals surface area contributed by atoms with E-state index < -0.39 is 23.0 Å². The number of halogens is 1. The van der Waals surface area contributed by atoms with Crippen molar-refractivity contribution in [3.05, 3.63) is 56.0 Å². The van der Waals surface area contributed by atoms with Gasteiger partial charge < -0.3 is 10.6 Å². The number of hydrogen-bond acceptors (Lipinski definition) is 4. The summed E-state index contributed by atoms with van der Waals surface area (Å²) >= 11 is 0. The molecule has 0 saturated heterocycles. The lowest BCUT2D eigenvalue weighted by atomic mass is 10.1. The number of hydrogen-bond donors (Lipinski definition) is 2. The van der Waals surface area contributed by atoms with Crippen LogP contribution < -0.4 is 21.9 Å². The van der Waals surface area contributed by atoms with Crippen molar-refractivity contribution < 1.29 is 9.18 Å². The quantitative estimate of drug-likeness (QED) is 0.759. The third-order valence-corrected chi connectivity index (χ3v) is 4.43. The number of H-pyrrole nitrogens is 1. The first-order chi connectivity index (χ1) is 13.2. The van der Waals surface area contributed by atoms with Crippen LogP contribution in [0, 0.1) is 18.7 Å². The maximum atomic E-state index is 14.0. The summed E-state index contributed by atoms with van der Waals surface area (Å²) in [7, 11) is 0. The lowest BCUT2D eigenvalue weighted by Crippen LogP contribution is -2.42. The van der Waals surface area contributed by atoms with Crippen molar-refractivity contribution in [2.24, 2.45) is 5.92 Å². The van der Waals surface area contributed by atoms with Gasteiger partial charge in [-0.2, -0.15) is 0 Å². The Bertz CT molecular complexity index is 978. The highest BCUT2D eigenvalue weighted by Gasteiger charge is 2.26. The maximum Gasteiger partial charge on any atom is 0.330 e. The number of nitrogens with two attached hydrogens (primary N) is 1. The van der Waals surface area contributed by atoms with Crippen molar-refractivity contribution in [2.75, 3.05) is 17.2 Å². The fourth-order valence-electron chi connectivity index (χ4n) is 2.90. The molecule has 0 aliphatic heterocycles. The number of unbranched alkanes of at least 4 members (excludes halogenated alkanes) is 1. The lowest BCUT2D eigenvalue weighted by Gasteiger charge is -2.26. The summed E-state index contributed by atoms with van der Waals surface area (Å²) in [5.74, 6) is -1.12. The Kier molecular flexibility index (Phi) is 6.77. The molecule has 2 rings (SSSR count). The largest absolute Gasteiger partial charge is 0.383 e. The van der Waals surface area contributed by atoms with Crippen molar-refractivity contribution in [3.63, 3.8) is 0 Å². The summed E-state index contributed by atoms with van der Waals surface area (Å²) in [4.78, 5) is 41.3. The Morgan fingerprint density at radius 2 is 2.00 bits per heavy atom. The number of nitrogen functional groups attached to an aromatic ring is 1. The number of amides is 1. The van der Waals surface area contributed by atoms with E-state index in [2.05, 4.69) is 4.98 Å². The Morgan fingerprint density at radius 3 is 2.57 bits per heavy atom. The third-order valence-electron chi connectivity index (χ3n) is 4.43. The van der Waals surface area contributed by atoms with E-state index in [-0.39, 0.29) is 29.5 Å². The zero-order valence-corrected chi connectivity index (χ0v) is 16.7. The van der Waals surface area contributed by atoms with Gasteiger partial charge in [-0.05, 0) is 37.0 Å². The number of anilines is 2. The van der Waals surface area contributed by atoms with Gasteiger partial charge in [0.15, 0.2) is 5.69 Å². The van der Waals surface area contributed by atoms with Crippen LogP contribution in [0.3, 0.4) is 0 Å². The zero-order valence-electron chi connectivity index (χ0n) is 16.7. The molecule has 1 aromatic carbocycles. The van der Waals surface area contributed by atoms with Crippen LogP contribution in [0.5, 0.6) is 0 Å². The molecule has 0 aliphatic rings. The van der Waals surface area contributed by atoms with E-state index in [4.69, 9.17) is 5.73 Å². The molecular weight excluding hydrogens is 363 g/mol. The van der Waals surface area contributed by atoms with Crippen molar-refractivity contribution in [2.45, 2.75) is 47.1 Å². The highest BCUT2D eigenvalue weighted by Crippen LogP contribution is 2.22. The average Bonchev–Trinajstić information content (AvgIpc) is 2.62. The molecule has 1 amide bonds. The summed E-state index contributed by atoms with van der Waals surface area (Å²) in [5, 5.41) is 0. The van der Waals surface area contributed by atoms with Crippen molar-refractivity contribution in [1.29, 1.82) is 0 Å². The monoisotopic (exact) mass is 390 g/mol. The molecule has 0 aliphatic carbocycles. The molecule has 1 heterocycles. The zero-order chi connectivity index (χ0) is 21.0. The number of nitrogens with zero attached hydrogens (tertiary/aromatic N) is 2. The number of aromatic nitrogens is 2. The van der Waals surface area contributed by atoms with Crippen LogP contribution >= 0.6 is 0 Å². The van der Waals surface area contributed by atoms with Gasteiger partial charge in [-0.15, -0.1) is 0 Å². The summed E-state index contributed by atoms with van der Waals surface area (Å²) < 4.78 is 15.2. The highest BCUT2D eigenvalue weighted by molar-refractivity contribution is 6.07. The molecule has 0 spiro atoms. The smallest absolute Gasteiger partial charge is 0.330 e. The number of aryl methyl sites for hydroxylation is 1. The standard InChI is InChI=1S/C20H27FN4O3/c1-5-6-9-24-17(22)16(18(26)23-20(24)28)25(11-12(2)3)19(27)14-8-7-13(4)15(21)10-14/h7-8,10,12H,5-6,9,11,22H2,1-4H3,(H,23,26,28). The lowest BCUT2D eigenvalue weighted by molar-refractivity contribution is 0.0983. The first-order valence-electron chi connectivity index (χ1n) is 9.38. The van der Waals surface area contributed by atoms with Gasteiger partial charge in [-0.1, -0.05) is 33.3 Å². The number of rotatable bonds is 7. The predicted octanol–water partition coefficient (Wildman–Crippen LogP) is 2.67. The van der Waals surface area contributed by atoms with E-state index in [0.717, 1.165) is 12.5 Å². The Labute approximate surface area is 163 Å². The molecule has 0 bridgehead atoms. The van der Waals surface area contributed by atoms with Gasteiger partial charge in [-0.25, -0.2) is 9.18 Å². The Hall–Kier alpha value is -2.90. The third kappa shape index (κ3) is 4.49. The average molecular weight is 390 g/mol. The molecule has 3 N–H and O–H groups in total. The van der Waals surface area contributed by atoms with E-state index in [9.17, 15) is 18.8 Å². The normalized spacial score (nSPS) is 11.1. The molecule has 0 unspecified atom stereocenters. The van der Waals surface area contributed by atoms with Crippen LogP contribution in [0.4, 0.5) is 15.9 Å². The first-order valence-corrected chi connectivity index (χ1v) is 9.38. The molecule has 8 heteroatoms. The van der Waals surface area contributed by atoms with E-state index in [0.29, 0.717) is 18.5 Å². The SMILES string of the molecule is CCCCn1c(N)c(N(CC(C)C)C(=O)c2ccc(C)c(F)c2)c(=O)[nH]c1=O. The van der Waals surface area contributed by atoms with Gasteiger partial charge in [0, 0.05) is 18.7 Å². The number of carbonyl (C=O) groups excluding carboxylic acids is 1. The van der Waals surface area contributed by atoms with Crippen molar-refractivity contribution >= 4 is 17.4 Å². The van der Waals surface area contributed by atoms with E-state index in [1.807, 2.05) is 20.8 Å². The van der Waals surface area contributed by atoms with Gasteiger partial charge in [0.05, 0.1) is 0 Å². The van der Waals surface area contributed by atoms with Gasteiger partial charge in [0.25, 0.3) is 11.5 Å². The molecule has 152 valence electrons.